The Balaban J connectivity index is 1.67. The van der Waals surface area contributed by atoms with Crippen molar-refractivity contribution in [3.05, 3.63) is 76.3 Å². The molecule has 0 atom stereocenters. The highest BCUT2D eigenvalue weighted by molar-refractivity contribution is 5.78. The monoisotopic (exact) mass is 375 g/mol. The van der Waals surface area contributed by atoms with Gasteiger partial charge in [0.05, 0.1) is 37.2 Å². The molecule has 0 spiro atoms. The van der Waals surface area contributed by atoms with E-state index in [1.165, 1.54) is 4.52 Å². The van der Waals surface area contributed by atoms with Gasteiger partial charge in [-0.3, -0.25) is 14.3 Å². The number of fused-ring (bicyclic) bond motifs is 2. The highest BCUT2D eigenvalue weighted by atomic mass is 16.5. The topological polar surface area (TPSA) is 64.7 Å². The third-order valence-electron chi connectivity index (χ3n) is 5.16. The quantitative estimate of drug-likeness (QED) is 0.545. The first-order valence-electron chi connectivity index (χ1n) is 9.51. The molecular formula is C21H21N5O2. The van der Waals surface area contributed by atoms with E-state index in [0.717, 1.165) is 37.7 Å². The van der Waals surface area contributed by atoms with Crippen LogP contribution in [0.4, 0.5) is 0 Å². The molecule has 1 fully saturated rings. The highest BCUT2D eigenvalue weighted by Crippen LogP contribution is 2.15. The molecule has 1 saturated heterocycles. The standard InChI is InChI=1S/C21H21N5O2/c27-20-17-8-4-5-9-18(17)22-21-25(14-16-6-2-1-3-7-16)19(23-26(20)21)15-24-10-12-28-13-11-24/h1-9H,10-15H2. The second kappa shape index (κ2) is 7.18. The summed E-state index contributed by atoms with van der Waals surface area (Å²) < 4.78 is 8.96. The van der Waals surface area contributed by atoms with Gasteiger partial charge in [0, 0.05) is 13.1 Å². The third kappa shape index (κ3) is 3.08. The van der Waals surface area contributed by atoms with Crippen LogP contribution in [0.15, 0.2) is 59.4 Å². The Morgan fingerprint density at radius 2 is 1.68 bits per heavy atom. The fraction of sp³-hybridized carbons (Fsp3) is 0.286. The predicted octanol–water partition coefficient (Wildman–Crippen LogP) is 1.92. The first-order valence-corrected chi connectivity index (χ1v) is 9.51. The third-order valence-corrected chi connectivity index (χ3v) is 5.16. The summed E-state index contributed by atoms with van der Waals surface area (Å²) >= 11 is 0. The second-order valence-corrected chi connectivity index (χ2v) is 7.02. The van der Waals surface area contributed by atoms with Gasteiger partial charge in [0.2, 0.25) is 5.78 Å². The molecule has 142 valence electrons. The summed E-state index contributed by atoms with van der Waals surface area (Å²) in [6.45, 7) is 4.45. The lowest BCUT2D eigenvalue weighted by Crippen LogP contribution is -2.36. The molecule has 7 heteroatoms. The first kappa shape index (κ1) is 17.1. The molecule has 2 aromatic heterocycles. The SMILES string of the molecule is O=c1c2ccccc2nc2n(Cc3ccccc3)c(CN3CCOCC3)nn12. The predicted molar refractivity (Wildman–Crippen MR) is 106 cm³/mol. The lowest BCUT2D eigenvalue weighted by Gasteiger charge is -2.26. The molecule has 0 amide bonds. The molecule has 0 radical (unpaired) electrons. The lowest BCUT2D eigenvalue weighted by molar-refractivity contribution is 0.0326. The number of hydrogen-bond acceptors (Lipinski definition) is 5. The van der Waals surface area contributed by atoms with Crippen molar-refractivity contribution in [1.82, 2.24) is 24.1 Å². The number of benzene rings is 2. The summed E-state index contributed by atoms with van der Waals surface area (Å²) in [5.41, 5.74) is 1.71. The average molecular weight is 375 g/mol. The molecule has 0 bridgehead atoms. The number of ether oxygens (including phenoxy) is 1. The average Bonchev–Trinajstić information content (AvgIpc) is 3.07. The van der Waals surface area contributed by atoms with Crippen molar-refractivity contribution in [2.45, 2.75) is 13.1 Å². The summed E-state index contributed by atoms with van der Waals surface area (Å²) in [6.07, 6.45) is 0. The number of morpholine rings is 1. The van der Waals surface area contributed by atoms with Gasteiger partial charge in [0.15, 0.2) is 0 Å². The molecule has 1 aliphatic heterocycles. The molecule has 7 nitrogen and oxygen atoms in total. The Morgan fingerprint density at radius 1 is 0.929 bits per heavy atom. The van der Waals surface area contributed by atoms with E-state index in [2.05, 4.69) is 26.7 Å². The minimum Gasteiger partial charge on any atom is -0.379 e. The van der Waals surface area contributed by atoms with Crippen molar-refractivity contribution < 1.29 is 4.74 Å². The molecular weight excluding hydrogens is 354 g/mol. The molecule has 0 N–H and O–H groups in total. The van der Waals surface area contributed by atoms with Crippen LogP contribution in [0.25, 0.3) is 16.7 Å². The normalized spacial score (nSPS) is 15.4. The van der Waals surface area contributed by atoms with Crippen LogP contribution in [-0.2, 0) is 17.8 Å². The molecule has 28 heavy (non-hydrogen) atoms. The molecule has 4 aromatic rings. The van der Waals surface area contributed by atoms with Gasteiger partial charge >= 0.3 is 0 Å². The number of aromatic nitrogens is 4. The summed E-state index contributed by atoms with van der Waals surface area (Å²) in [6, 6.07) is 17.6. The van der Waals surface area contributed by atoms with Crippen LogP contribution >= 0.6 is 0 Å². The highest BCUT2D eigenvalue weighted by Gasteiger charge is 2.19. The van der Waals surface area contributed by atoms with E-state index in [4.69, 9.17) is 9.72 Å². The molecule has 1 aliphatic rings. The molecule has 0 aliphatic carbocycles. The van der Waals surface area contributed by atoms with E-state index in [9.17, 15) is 4.79 Å². The molecule has 3 heterocycles. The van der Waals surface area contributed by atoms with Gasteiger partial charge in [0.1, 0.15) is 5.82 Å². The zero-order valence-electron chi connectivity index (χ0n) is 15.5. The van der Waals surface area contributed by atoms with E-state index < -0.39 is 0 Å². The Kier molecular flexibility index (Phi) is 4.38. The molecule has 2 aromatic carbocycles. The van der Waals surface area contributed by atoms with Crippen LogP contribution in [0.2, 0.25) is 0 Å². The van der Waals surface area contributed by atoms with E-state index in [0.29, 0.717) is 29.8 Å². The maximum absolute atomic E-state index is 13.0. The van der Waals surface area contributed by atoms with Gasteiger partial charge in [-0.25, -0.2) is 4.98 Å². The van der Waals surface area contributed by atoms with E-state index >= 15 is 0 Å². The van der Waals surface area contributed by atoms with Crippen LogP contribution < -0.4 is 5.56 Å². The zero-order valence-corrected chi connectivity index (χ0v) is 15.5. The second-order valence-electron chi connectivity index (χ2n) is 7.02. The van der Waals surface area contributed by atoms with Gasteiger partial charge in [-0.1, -0.05) is 42.5 Å². The van der Waals surface area contributed by atoms with Gasteiger partial charge in [-0.15, -0.1) is 5.10 Å². The van der Waals surface area contributed by atoms with Gasteiger partial charge < -0.3 is 4.74 Å². The zero-order chi connectivity index (χ0) is 18.9. The van der Waals surface area contributed by atoms with E-state index in [1.54, 1.807) is 6.07 Å². The van der Waals surface area contributed by atoms with Crippen molar-refractivity contribution in [2.75, 3.05) is 26.3 Å². The summed E-state index contributed by atoms with van der Waals surface area (Å²) in [4.78, 5) is 20.1. The summed E-state index contributed by atoms with van der Waals surface area (Å²) in [5, 5.41) is 5.26. The molecule has 0 unspecified atom stereocenters. The van der Waals surface area contributed by atoms with Crippen LogP contribution in [0.3, 0.4) is 0 Å². The molecule has 5 rings (SSSR count). The Bertz CT molecular complexity index is 1180. The van der Waals surface area contributed by atoms with Crippen LogP contribution in [0, 0.1) is 0 Å². The smallest absolute Gasteiger partial charge is 0.283 e. The fourth-order valence-electron chi connectivity index (χ4n) is 3.67. The van der Waals surface area contributed by atoms with Crippen molar-refractivity contribution in [1.29, 1.82) is 0 Å². The maximum atomic E-state index is 13.0. The minimum atomic E-state index is -0.129. The number of para-hydroxylation sites is 1. The Labute approximate surface area is 161 Å². The van der Waals surface area contributed by atoms with Gasteiger partial charge in [0.25, 0.3) is 5.56 Å². The largest absolute Gasteiger partial charge is 0.379 e. The Morgan fingerprint density at radius 3 is 2.50 bits per heavy atom. The van der Waals surface area contributed by atoms with E-state index in [1.807, 2.05) is 36.4 Å². The first-order chi connectivity index (χ1) is 13.8. The maximum Gasteiger partial charge on any atom is 0.283 e. The minimum absolute atomic E-state index is 0.129. The van der Waals surface area contributed by atoms with Crippen molar-refractivity contribution in [2.24, 2.45) is 0 Å². The van der Waals surface area contributed by atoms with Gasteiger partial charge in [-0.05, 0) is 17.7 Å². The van der Waals surface area contributed by atoms with Crippen LogP contribution in [0.1, 0.15) is 11.4 Å². The van der Waals surface area contributed by atoms with Crippen molar-refractivity contribution in [3.63, 3.8) is 0 Å². The van der Waals surface area contributed by atoms with Crippen molar-refractivity contribution in [3.8, 4) is 0 Å². The van der Waals surface area contributed by atoms with Crippen LogP contribution in [0.5, 0.6) is 0 Å². The van der Waals surface area contributed by atoms with E-state index in [-0.39, 0.29) is 5.56 Å². The number of rotatable bonds is 4. The number of hydrogen-bond donors (Lipinski definition) is 0. The van der Waals surface area contributed by atoms with Gasteiger partial charge in [-0.2, -0.15) is 4.52 Å². The number of nitrogens with zero attached hydrogens (tertiary/aromatic N) is 5. The fourth-order valence-corrected chi connectivity index (χ4v) is 3.67. The van der Waals surface area contributed by atoms with Crippen LogP contribution in [-0.4, -0.2) is 50.4 Å². The summed E-state index contributed by atoms with van der Waals surface area (Å²) in [5.74, 6) is 1.42. The molecule has 0 saturated carbocycles. The lowest BCUT2D eigenvalue weighted by atomic mass is 10.2. The Hall–Kier alpha value is -3.03. The summed E-state index contributed by atoms with van der Waals surface area (Å²) in [7, 11) is 0. The van der Waals surface area contributed by atoms with Crippen molar-refractivity contribution >= 4 is 16.7 Å².